The van der Waals surface area contributed by atoms with E-state index >= 15 is 0 Å². The molecule has 4 aliphatic heterocycles. The molecule has 5 atom stereocenters. The van der Waals surface area contributed by atoms with Gasteiger partial charge in [-0.05, 0) is 56.2 Å². The molecule has 9 nitrogen and oxygen atoms in total. The van der Waals surface area contributed by atoms with E-state index in [1.165, 1.54) is 0 Å². The number of amides is 3. The van der Waals surface area contributed by atoms with Crippen LogP contribution in [0.4, 0.5) is 11.4 Å². The number of methoxy groups -OCH3 is 1. The third kappa shape index (κ3) is 4.26. The van der Waals surface area contributed by atoms with E-state index in [9.17, 15) is 19.5 Å². The lowest BCUT2D eigenvalue weighted by Crippen LogP contribution is -2.56. The predicted octanol–water partition coefficient (Wildman–Crippen LogP) is 2.94. The molecule has 9 heteroatoms. The van der Waals surface area contributed by atoms with Crippen molar-refractivity contribution in [3.8, 4) is 5.75 Å². The molecule has 4 aliphatic rings. The van der Waals surface area contributed by atoms with Crippen LogP contribution in [0.15, 0.2) is 78.9 Å². The molecule has 0 aliphatic carbocycles. The summed E-state index contributed by atoms with van der Waals surface area (Å²) in [6.45, 7) is 2.75. The monoisotopic (exact) mass is 557 g/mol. The van der Waals surface area contributed by atoms with Gasteiger partial charge in [-0.3, -0.25) is 14.4 Å². The van der Waals surface area contributed by atoms with Gasteiger partial charge >= 0.3 is 0 Å². The molecule has 1 spiro atoms. The maximum absolute atomic E-state index is 14.5. The third-order valence-corrected chi connectivity index (χ3v) is 8.82. The highest BCUT2D eigenvalue weighted by molar-refractivity contribution is 6.07. The zero-order chi connectivity index (χ0) is 28.8. The molecule has 2 fully saturated rings. The van der Waals surface area contributed by atoms with Crippen molar-refractivity contribution in [3.05, 3.63) is 78.9 Å². The molecular weight excluding hydrogens is 522 g/mol. The van der Waals surface area contributed by atoms with Crippen molar-refractivity contribution in [1.29, 1.82) is 0 Å². The molecule has 41 heavy (non-hydrogen) atoms. The molecule has 4 heterocycles. The summed E-state index contributed by atoms with van der Waals surface area (Å²) in [5.41, 5.74) is -0.995. The lowest BCUT2D eigenvalue weighted by Gasteiger charge is -2.37. The highest BCUT2D eigenvalue weighted by Gasteiger charge is 2.74. The number of benzene rings is 2. The van der Waals surface area contributed by atoms with Gasteiger partial charge in [-0.15, -0.1) is 0 Å². The van der Waals surface area contributed by atoms with Crippen LogP contribution < -0.4 is 14.5 Å². The van der Waals surface area contributed by atoms with Crippen molar-refractivity contribution in [3.63, 3.8) is 0 Å². The fourth-order valence-electron chi connectivity index (χ4n) is 6.99. The molecule has 0 radical (unpaired) electrons. The van der Waals surface area contributed by atoms with Gasteiger partial charge in [0.1, 0.15) is 17.4 Å². The normalized spacial score (nSPS) is 30.7. The lowest BCUT2D eigenvalue weighted by atomic mass is 9.74. The summed E-state index contributed by atoms with van der Waals surface area (Å²) >= 11 is 0. The standard InChI is InChI=1S/C32H35N3O6/c1-31-16-8-19-33(22-10-4-3-5-11-22)28(37)25(31)26-29(38)35(18-6-7-21-36)27-30(39)34(20-9-17-32(26,27)41-31)23-12-14-24(40-2)15-13-23/h3-5,8-17,25-27,36H,6-7,18-21H2,1-2H3/t25-,26-,27?,31+,32-/m0/s1. The van der Waals surface area contributed by atoms with E-state index in [1.54, 1.807) is 33.9 Å². The van der Waals surface area contributed by atoms with Gasteiger partial charge in [0, 0.05) is 37.6 Å². The van der Waals surface area contributed by atoms with Gasteiger partial charge in [0.05, 0.1) is 24.5 Å². The van der Waals surface area contributed by atoms with Crippen LogP contribution in [0.3, 0.4) is 0 Å². The summed E-state index contributed by atoms with van der Waals surface area (Å²) < 4.78 is 12.2. The molecule has 0 saturated carbocycles. The first-order chi connectivity index (χ1) is 19.8. The number of hydrogen-bond donors (Lipinski definition) is 1. The molecule has 6 rings (SSSR count). The van der Waals surface area contributed by atoms with Crippen LogP contribution in [0.1, 0.15) is 19.8 Å². The number of nitrogens with zero attached hydrogens (tertiary/aromatic N) is 3. The van der Waals surface area contributed by atoms with Crippen molar-refractivity contribution in [2.24, 2.45) is 11.8 Å². The molecule has 2 aromatic carbocycles. The summed E-state index contributed by atoms with van der Waals surface area (Å²) in [7, 11) is 1.58. The first-order valence-corrected chi connectivity index (χ1v) is 14.1. The number of anilines is 2. The molecule has 2 saturated heterocycles. The highest BCUT2D eigenvalue weighted by Crippen LogP contribution is 2.57. The first-order valence-electron chi connectivity index (χ1n) is 14.1. The largest absolute Gasteiger partial charge is 0.497 e. The number of ether oxygens (including phenoxy) is 2. The van der Waals surface area contributed by atoms with Gasteiger partial charge in [0.15, 0.2) is 0 Å². The fourth-order valence-corrected chi connectivity index (χ4v) is 6.99. The summed E-state index contributed by atoms with van der Waals surface area (Å²) in [5.74, 6) is -1.78. The second-order valence-corrected chi connectivity index (χ2v) is 11.2. The van der Waals surface area contributed by atoms with Crippen LogP contribution in [0, 0.1) is 11.8 Å². The Balaban J connectivity index is 1.44. The lowest BCUT2D eigenvalue weighted by molar-refractivity contribution is -0.144. The molecule has 3 amide bonds. The Bertz CT molecular complexity index is 1390. The second-order valence-electron chi connectivity index (χ2n) is 11.2. The fraction of sp³-hybridized carbons (Fsp3) is 0.406. The van der Waals surface area contributed by atoms with Crippen LogP contribution in [0.2, 0.25) is 0 Å². The number of rotatable bonds is 7. The smallest absolute Gasteiger partial charge is 0.253 e. The Morgan fingerprint density at radius 2 is 1.51 bits per heavy atom. The highest BCUT2D eigenvalue weighted by atomic mass is 16.5. The Kier molecular flexibility index (Phi) is 6.95. The van der Waals surface area contributed by atoms with Crippen LogP contribution in [-0.4, -0.2) is 78.3 Å². The molecule has 1 unspecified atom stereocenters. The van der Waals surface area contributed by atoms with Crippen LogP contribution >= 0.6 is 0 Å². The number of hydrogen-bond acceptors (Lipinski definition) is 6. The molecule has 0 aromatic heterocycles. The van der Waals surface area contributed by atoms with E-state index in [0.717, 1.165) is 5.69 Å². The van der Waals surface area contributed by atoms with Crippen LogP contribution in [0.5, 0.6) is 5.75 Å². The van der Waals surface area contributed by atoms with E-state index in [0.29, 0.717) is 37.4 Å². The minimum absolute atomic E-state index is 0.0143. The Morgan fingerprint density at radius 3 is 2.20 bits per heavy atom. The van der Waals surface area contributed by atoms with Gasteiger partial charge in [0.25, 0.3) is 5.91 Å². The summed E-state index contributed by atoms with van der Waals surface area (Å²) in [6, 6.07) is 15.7. The zero-order valence-electron chi connectivity index (χ0n) is 23.3. The molecule has 1 N–H and O–H groups in total. The van der Waals surface area contributed by atoms with E-state index in [1.807, 2.05) is 73.7 Å². The van der Waals surface area contributed by atoms with Gasteiger partial charge in [0.2, 0.25) is 11.8 Å². The maximum Gasteiger partial charge on any atom is 0.253 e. The van der Waals surface area contributed by atoms with Crippen molar-refractivity contribution in [1.82, 2.24) is 4.90 Å². The molecule has 2 aromatic rings. The van der Waals surface area contributed by atoms with Crippen molar-refractivity contribution >= 4 is 29.1 Å². The Hall–Kier alpha value is -3.95. The average molecular weight is 558 g/mol. The SMILES string of the molecule is COc1ccc(N2CC=C[C@]34O[C@]5(C)C=CCN(c6ccccc6)C(=O)[C@@H]5[C@H]3C(=O)N(CCCCO)C4C2=O)cc1. The Morgan fingerprint density at radius 1 is 0.854 bits per heavy atom. The summed E-state index contributed by atoms with van der Waals surface area (Å²) in [4.78, 5) is 48.1. The predicted molar refractivity (Wildman–Crippen MR) is 153 cm³/mol. The zero-order valence-corrected chi connectivity index (χ0v) is 23.3. The number of para-hydroxylation sites is 1. The third-order valence-electron chi connectivity index (χ3n) is 8.82. The minimum atomic E-state index is -1.33. The topological polar surface area (TPSA) is 99.6 Å². The van der Waals surface area contributed by atoms with Crippen molar-refractivity contribution < 1.29 is 29.0 Å². The molecule has 0 bridgehead atoms. The molecular formula is C32H35N3O6. The Labute approximate surface area is 239 Å². The minimum Gasteiger partial charge on any atom is -0.497 e. The maximum atomic E-state index is 14.5. The number of carbonyl (C=O) groups excluding carboxylic acids is 3. The van der Waals surface area contributed by atoms with E-state index in [-0.39, 0.29) is 30.9 Å². The van der Waals surface area contributed by atoms with E-state index < -0.39 is 29.1 Å². The number of unbranched alkanes of at least 4 members (excludes halogenated alkanes) is 1. The van der Waals surface area contributed by atoms with Crippen molar-refractivity contribution in [2.75, 3.05) is 43.2 Å². The molecule has 214 valence electrons. The number of carbonyl (C=O) groups is 3. The second kappa shape index (κ2) is 10.5. The van der Waals surface area contributed by atoms with Crippen molar-refractivity contribution in [2.45, 2.75) is 37.0 Å². The number of fused-ring (bicyclic) bond motifs is 2. The van der Waals surface area contributed by atoms with Crippen LogP contribution in [-0.2, 0) is 19.1 Å². The average Bonchev–Trinajstić information content (AvgIpc) is 3.24. The number of aliphatic hydroxyl groups excluding tert-OH is 1. The van der Waals surface area contributed by atoms with Gasteiger partial charge in [-0.2, -0.15) is 0 Å². The van der Waals surface area contributed by atoms with E-state index in [4.69, 9.17) is 9.47 Å². The number of likely N-dealkylation sites (tertiary alicyclic amines) is 1. The first kappa shape index (κ1) is 27.2. The van der Waals surface area contributed by atoms with Gasteiger partial charge in [-0.1, -0.05) is 42.5 Å². The summed E-state index contributed by atoms with van der Waals surface area (Å²) in [6.07, 6.45) is 8.53. The summed E-state index contributed by atoms with van der Waals surface area (Å²) in [5, 5.41) is 9.44. The van der Waals surface area contributed by atoms with E-state index in [2.05, 4.69) is 0 Å². The van der Waals surface area contributed by atoms with Gasteiger partial charge < -0.3 is 29.3 Å². The van der Waals surface area contributed by atoms with Crippen LogP contribution in [0.25, 0.3) is 0 Å². The van der Waals surface area contributed by atoms with Gasteiger partial charge in [-0.25, -0.2) is 0 Å². The quantitative estimate of drug-likeness (QED) is 0.415. The number of aliphatic hydroxyl groups is 1.